The number of anilines is 1. The van der Waals surface area contributed by atoms with Crippen LogP contribution < -0.4 is 15.0 Å². The number of ether oxygens (including phenoxy) is 2. The molecule has 2 aliphatic heterocycles. The van der Waals surface area contributed by atoms with E-state index in [4.69, 9.17) is 4.74 Å². The molecular weight excluding hydrogens is 379 g/mol. The summed E-state index contributed by atoms with van der Waals surface area (Å²) in [5.41, 5.74) is 0.289. The number of carbonyl (C=O) groups is 2. The Morgan fingerprint density at radius 3 is 2.82 bits per heavy atom. The lowest BCUT2D eigenvalue weighted by atomic mass is 10.1. The largest absolute Gasteiger partial charge is 0.573 e. The summed E-state index contributed by atoms with van der Waals surface area (Å²) < 4.78 is 46.5. The summed E-state index contributed by atoms with van der Waals surface area (Å²) >= 11 is 0. The van der Waals surface area contributed by atoms with Crippen molar-refractivity contribution in [1.29, 1.82) is 0 Å². The number of likely N-dealkylation sites (N-methyl/N-ethyl adjacent to an activating group) is 1. The van der Waals surface area contributed by atoms with Gasteiger partial charge in [-0.3, -0.25) is 4.79 Å². The maximum Gasteiger partial charge on any atom is 0.573 e. The lowest BCUT2D eigenvalue weighted by molar-refractivity contribution is -0.274. The molecule has 3 rings (SSSR count). The number of rotatable bonds is 4. The monoisotopic (exact) mass is 401 g/mol. The van der Waals surface area contributed by atoms with Crippen LogP contribution in [0.25, 0.3) is 0 Å². The lowest BCUT2D eigenvalue weighted by Gasteiger charge is -2.31. The van der Waals surface area contributed by atoms with E-state index in [0.717, 1.165) is 25.0 Å². The fourth-order valence-electron chi connectivity index (χ4n) is 3.36. The molecule has 0 aliphatic carbocycles. The van der Waals surface area contributed by atoms with Gasteiger partial charge < -0.3 is 24.6 Å². The molecule has 3 amide bonds. The van der Waals surface area contributed by atoms with E-state index < -0.39 is 18.2 Å². The highest BCUT2D eigenvalue weighted by atomic mass is 19.4. The van der Waals surface area contributed by atoms with Crippen molar-refractivity contribution in [3.8, 4) is 5.75 Å². The first-order valence-electron chi connectivity index (χ1n) is 9.03. The second kappa shape index (κ2) is 8.26. The average Bonchev–Trinajstić information content (AvgIpc) is 3.01. The van der Waals surface area contributed by atoms with Gasteiger partial charge >= 0.3 is 12.4 Å². The molecule has 1 aromatic rings. The normalized spacial score (nSPS) is 22.9. The molecule has 2 unspecified atom stereocenters. The van der Waals surface area contributed by atoms with Crippen LogP contribution in [-0.2, 0) is 9.53 Å². The molecule has 28 heavy (non-hydrogen) atoms. The van der Waals surface area contributed by atoms with Gasteiger partial charge in [0.2, 0.25) is 5.91 Å². The summed E-state index contributed by atoms with van der Waals surface area (Å²) in [6, 6.07) is 4.08. The van der Waals surface area contributed by atoms with Crippen LogP contribution in [0.3, 0.4) is 0 Å². The summed E-state index contributed by atoms with van der Waals surface area (Å²) in [6.45, 7) is 1.43. The van der Waals surface area contributed by atoms with E-state index in [-0.39, 0.29) is 30.2 Å². The van der Waals surface area contributed by atoms with Crippen molar-refractivity contribution in [3.63, 3.8) is 0 Å². The summed E-state index contributed by atoms with van der Waals surface area (Å²) in [6.07, 6.45) is -2.74. The Bertz CT molecular complexity index is 722. The first kappa shape index (κ1) is 20.2. The number of urea groups is 1. The van der Waals surface area contributed by atoms with Crippen molar-refractivity contribution >= 4 is 17.6 Å². The number of benzene rings is 1. The molecule has 2 heterocycles. The van der Waals surface area contributed by atoms with Crippen LogP contribution in [-0.4, -0.2) is 62.1 Å². The number of hydrogen-bond donors (Lipinski definition) is 1. The minimum atomic E-state index is -4.81. The number of amides is 3. The highest BCUT2D eigenvalue weighted by molar-refractivity contribution is 6.01. The summed E-state index contributed by atoms with van der Waals surface area (Å²) in [7, 11) is 1.66. The molecule has 2 aliphatic rings. The Kier molecular flexibility index (Phi) is 5.97. The molecule has 154 valence electrons. The van der Waals surface area contributed by atoms with Crippen LogP contribution in [0, 0.1) is 0 Å². The Labute approximate surface area is 160 Å². The number of alkyl halides is 3. The van der Waals surface area contributed by atoms with E-state index in [2.05, 4.69) is 10.1 Å². The van der Waals surface area contributed by atoms with Crippen LogP contribution in [0.2, 0.25) is 0 Å². The van der Waals surface area contributed by atoms with Crippen molar-refractivity contribution in [2.45, 2.75) is 37.7 Å². The highest BCUT2D eigenvalue weighted by Crippen LogP contribution is 2.29. The van der Waals surface area contributed by atoms with Gasteiger partial charge in [-0.2, -0.15) is 0 Å². The molecule has 10 heteroatoms. The second-order valence-electron chi connectivity index (χ2n) is 6.81. The average molecular weight is 401 g/mol. The molecular formula is C18H22F3N3O4. The zero-order valence-electron chi connectivity index (χ0n) is 15.4. The van der Waals surface area contributed by atoms with E-state index in [9.17, 15) is 22.8 Å². The van der Waals surface area contributed by atoms with Crippen LogP contribution in [0.4, 0.5) is 23.7 Å². The number of halogens is 3. The van der Waals surface area contributed by atoms with Crippen molar-refractivity contribution < 1.29 is 32.2 Å². The lowest BCUT2D eigenvalue weighted by Crippen LogP contribution is -2.51. The van der Waals surface area contributed by atoms with Gasteiger partial charge in [-0.1, -0.05) is 6.07 Å². The van der Waals surface area contributed by atoms with Crippen LogP contribution in [0.1, 0.15) is 19.3 Å². The van der Waals surface area contributed by atoms with Gasteiger partial charge in [0.1, 0.15) is 11.8 Å². The van der Waals surface area contributed by atoms with Crippen LogP contribution >= 0.6 is 0 Å². The smallest absolute Gasteiger partial charge is 0.406 e. The van der Waals surface area contributed by atoms with Crippen molar-refractivity contribution in [2.75, 3.05) is 31.7 Å². The maximum atomic E-state index is 12.6. The number of hydrogen-bond acceptors (Lipinski definition) is 4. The van der Waals surface area contributed by atoms with Gasteiger partial charge in [0.05, 0.1) is 12.6 Å². The molecule has 2 fully saturated rings. The maximum absolute atomic E-state index is 12.6. The molecule has 2 atom stereocenters. The van der Waals surface area contributed by atoms with Gasteiger partial charge in [0.15, 0.2) is 0 Å². The predicted octanol–water partition coefficient (Wildman–Crippen LogP) is 2.51. The van der Waals surface area contributed by atoms with Gasteiger partial charge in [0, 0.05) is 32.0 Å². The Morgan fingerprint density at radius 2 is 2.14 bits per heavy atom. The van der Waals surface area contributed by atoms with Crippen molar-refractivity contribution in [3.05, 3.63) is 24.3 Å². The Hall–Kier alpha value is -2.49. The minimum Gasteiger partial charge on any atom is -0.406 e. The number of nitrogens with one attached hydrogen (secondary N) is 1. The third kappa shape index (κ3) is 4.86. The van der Waals surface area contributed by atoms with Crippen LogP contribution in [0.15, 0.2) is 24.3 Å². The molecule has 0 radical (unpaired) electrons. The fraction of sp³-hybridized carbons (Fsp3) is 0.556. The molecule has 7 nitrogen and oxygen atoms in total. The Balaban J connectivity index is 1.61. The second-order valence-corrected chi connectivity index (χ2v) is 6.81. The van der Waals surface area contributed by atoms with Crippen molar-refractivity contribution in [2.24, 2.45) is 0 Å². The first-order chi connectivity index (χ1) is 13.2. The first-order valence-corrected chi connectivity index (χ1v) is 9.03. The molecule has 0 bridgehead atoms. The van der Waals surface area contributed by atoms with Gasteiger partial charge in [-0.15, -0.1) is 13.2 Å². The van der Waals surface area contributed by atoms with E-state index in [1.165, 1.54) is 21.9 Å². The van der Waals surface area contributed by atoms with E-state index in [1.807, 2.05) is 0 Å². The summed E-state index contributed by atoms with van der Waals surface area (Å²) in [5, 5.41) is 2.71. The molecule has 0 saturated carbocycles. The topological polar surface area (TPSA) is 71.1 Å². The van der Waals surface area contributed by atoms with E-state index >= 15 is 0 Å². The number of nitrogens with zero attached hydrogens (tertiary/aromatic N) is 2. The molecule has 0 spiro atoms. The van der Waals surface area contributed by atoms with E-state index in [1.54, 1.807) is 7.05 Å². The standard InChI is InChI=1S/C18H22F3N3O4/c1-23(13-5-3-9-27-11-13)17(26)22-15-7-8-24(16(15)25)12-4-2-6-14(10-12)28-18(19,20)21/h2,4,6,10,13,15H,3,5,7-9,11H2,1H3,(H,22,26). The molecule has 1 N–H and O–H groups in total. The predicted molar refractivity (Wildman–Crippen MR) is 94.0 cm³/mol. The third-order valence-electron chi connectivity index (χ3n) is 4.87. The molecule has 0 aromatic heterocycles. The van der Waals surface area contributed by atoms with Gasteiger partial charge in [0.25, 0.3) is 0 Å². The fourth-order valence-corrected chi connectivity index (χ4v) is 3.36. The van der Waals surface area contributed by atoms with Crippen LogP contribution in [0.5, 0.6) is 5.75 Å². The zero-order valence-corrected chi connectivity index (χ0v) is 15.4. The third-order valence-corrected chi connectivity index (χ3v) is 4.87. The van der Waals surface area contributed by atoms with E-state index in [0.29, 0.717) is 19.6 Å². The molecule has 2 saturated heterocycles. The summed E-state index contributed by atoms with van der Waals surface area (Å²) in [5.74, 6) is -0.770. The minimum absolute atomic E-state index is 0.0439. The highest BCUT2D eigenvalue weighted by Gasteiger charge is 2.36. The Morgan fingerprint density at radius 1 is 1.36 bits per heavy atom. The zero-order chi connectivity index (χ0) is 20.3. The number of carbonyl (C=O) groups excluding carboxylic acids is 2. The molecule has 1 aromatic carbocycles. The quantitative estimate of drug-likeness (QED) is 0.842. The van der Waals surface area contributed by atoms with Gasteiger partial charge in [-0.05, 0) is 31.4 Å². The SMILES string of the molecule is CN(C(=O)NC1CCN(c2cccc(OC(F)(F)F)c2)C1=O)C1CCCOC1. The van der Waals surface area contributed by atoms with Gasteiger partial charge in [-0.25, -0.2) is 4.79 Å². The summed E-state index contributed by atoms with van der Waals surface area (Å²) in [4.78, 5) is 28.0. The van der Waals surface area contributed by atoms with Crippen molar-refractivity contribution in [1.82, 2.24) is 10.2 Å².